The van der Waals surface area contributed by atoms with Crippen molar-refractivity contribution in [2.75, 3.05) is 5.73 Å². The molecule has 0 saturated heterocycles. The van der Waals surface area contributed by atoms with Gasteiger partial charge in [-0.1, -0.05) is 54.6 Å². The van der Waals surface area contributed by atoms with Crippen LogP contribution in [-0.2, 0) is 11.3 Å². The SMILES string of the molecule is NC(=O)c1nsc(C(=O)C(c2ccccc2)C(C(=O)NCc2ccc(F)cc2)c2ccc(O)cc2)c1N. The number of phenolic OH excluding ortho intramolecular Hbond substituents is 1. The Morgan fingerprint density at radius 1 is 0.919 bits per heavy atom. The summed E-state index contributed by atoms with van der Waals surface area (Å²) in [6, 6.07) is 20.3. The Bertz CT molecular complexity index is 1420. The number of Topliss-reactive ketones (excluding diaryl/α,β-unsaturated/α-hetero) is 1. The number of carbonyl (C=O) groups excluding carboxylic acids is 3. The monoisotopic (exact) mass is 518 g/mol. The summed E-state index contributed by atoms with van der Waals surface area (Å²) in [6.07, 6.45) is 0. The Morgan fingerprint density at radius 2 is 1.54 bits per heavy atom. The van der Waals surface area contributed by atoms with Crippen molar-refractivity contribution < 1.29 is 23.9 Å². The van der Waals surface area contributed by atoms with Crippen molar-refractivity contribution in [3.8, 4) is 5.75 Å². The van der Waals surface area contributed by atoms with Gasteiger partial charge >= 0.3 is 0 Å². The molecule has 10 heteroatoms. The Labute approximate surface area is 215 Å². The molecule has 0 aliphatic rings. The molecule has 8 nitrogen and oxygen atoms in total. The van der Waals surface area contributed by atoms with Crippen LogP contribution in [0.5, 0.6) is 5.75 Å². The normalized spacial score (nSPS) is 12.5. The van der Waals surface area contributed by atoms with E-state index in [1.54, 1.807) is 54.6 Å². The molecule has 0 radical (unpaired) electrons. The number of nitrogen functional groups attached to an aromatic ring is 1. The van der Waals surface area contributed by atoms with Gasteiger partial charge in [0.1, 0.15) is 16.4 Å². The molecule has 3 aromatic carbocycles. The van der Waals surface area contributed by atoms with Gasteiger partial charge in [-0.15, -0.1) is 0 Å². The van der Waals surface area contributed by atoms with E-state index in [9.17, 15) is 23.9 Å². The summed E-state index contributed by atoms with van der Waals surface area (Å²) in [5.74, 6) is -4.36. The summed E-state index contributed by atoms with van der Waals surface area (Å²) in [4.78, 5) is 39.4. The Morgan fingerprint density at radius 3 is 2.14 bits per heavy atom. The second-order valence-corrected chi connectivity index (χ2v) is 9.08. The molecule has 0 aliphatic heterocycles. The predicted octanol–water partition coefficient (Wildman–Crippen LogP) is 3.74. The molecule has 1 aromatic heterocycles. The lowest BCUT2D eigenvalue weighted by Gasteiger charge is -2.26. The van der Waals surface area contributed by atoms with Gasteiger partial charge in [0, 0.05) is 6.54 Å². The number of nitrogens with two attached hydrogens (primary N) is 2. The van der Waals surface area contributed by atoms with Crippen LogP contribution in [0, 0.1) is 5.82 Å². The summed E-state index contributed by atoms with van der Waals surface area (Å²) in [5, 5.41) is 12.7. The number of amides is 2. The van der Waals surface area contributed by atoms with Crippen LogP contribution in [0.2, 0.25) is 0 Å². The van der Waals surface area contributed by atoms with Gasteiger partial charge in [-0.25, -0.2) is 4.39 Å². The van der Waals surface area contributed by atoms with Gasteiger partial charge in [-0.3, -0.25) is 14.4 Å². The Hall–Kier alpha value is -4.57. The number of anilines is 1. The number of aromatic hydroxyl groups is 1. The highest BCUT2D eigenvalue weighted by Gasteiger charge is 2.38. The second kappa shape index (κ2) is 11.0. The van der Waals surface area contributed by atoms with E-state index in [2.05, 4.69) is 9.69 Å². The molecule has 1 heterocycles. The number of hydrogen-bond acceptors (Lipinski definition) is 7. The zero-order valence-corrected chi connectivity index (χ0v) is 20.2. The highest BCUT2D eigenvalue weighted by molar-refractivity contribution is 7.09. The summed E-state index contributed by atoms with van der Waals surface area (Å²) < 4.78 is 17.2. The summed E-state index contributed by atoms with van der Waals surface area (Å²) in [6.45, 7) is 0.0952. The number of ketones is 1. The maximum absolute atomic E-state index is 14.0. The van der Waals surface area contributed by atoms with Gasteiger partial charge in [-0.05, 0) is 52.5 Å². The first-order chi connectivity index (χ1) is 17.8. The molecule has 0 fully saturated rings. The van der Waals surface area contributed by atoms with Gasteiger partial charge in [-0.2, -0.15) is 4.37 Å². The molecule has 2 amide bonds. The predicted molar refractivity (Wildman–Crippen MR) is 138 cm³/mol. The van der Waals surface area contributed by atoms with Gasteiger partial charge in [0.15, 0.2) is 11.5 Å². The lowest BCUT2D eigenvalue weighted by atomic mass is 9.77. The standard InChI is InChI=1S/C27H23FN4O4S/c28-18-10-6-15(7-11-18)14-31-27(36)21(17-8-12-19(33)13-9-17)20(16-4-2-1-3-5-16)24(34)25-22(29)23(26(30)35)32-37-25/h1-13,20-21,33H,14,29H2,(H2,30,35)(H,31,36). The number of aromatic nitrogens is 1. The average Bonchev–Trinajstić information content (AvgIpc) is 3.29. The van der Waals surface area contributed by atoms with Crippen molar-refractivity contribution in [1.29, 1.82) is 0 Å². The van der Waals surface area contributed by atoms with Gasteiger partial charge in [0.2, 0.25) is 5.91 Å². The third-order valence-electron chi connectivity index (χ3n) is 5.87. The minimum absolute atomic E-state index is 0.00499. The molecule has 2 unspecified atom stereocenters. The van der Waals surface area contributed by atoms with Crippen LogP contribution in [-0.4, -0.2) is 27.1 Å². The summed E-state index contributed by atoms with van der Waals surface area (Å²) >= 11 is 0.741. The number of carbonyl (C=O) groups is 3. The first-order valence-electron chi connectivity index (χ1n) is 11.2. The van der Waals surface area contributed by atoms with E-state index in [1.165, 1.54) is 24.3 Å². The maximum atomic E-state index is 14.0. The van der Waals surface area contributed by atoms with Gasteiger partial charge in [0.05, 0.1) is 17.5 Å². The molecule has 4 rings (SSSR count). The molecule has 2 atom stereocenters. The average molecular weight is 519 g/mol. The van der Waals surface area contributed by atoms with E-state index in [4.69, 9.17) is 11.5 Å². The van der Waals surface area contributed by atoms with Crippen LogP contribution >= 0.6 is 11.5 Å². The molecule has 0 bridgehead atoms. The number of benzene rings is 3. The number of nitrogens with one attached hydrogen (secondary N) is 1. The third-order valence-corrected chi connectivity index (χ3v) is 6.75. The van der Waals surface area contributed by atoms with E-state index >= 15 is 0 Å². The van der Waals surface area contributed by atoms with E-state index < -0.39 is 35.3 Å². The number of primary amides is 1. The quantitative estimate of drug-likeness (QED) is 0.248. The van der Waals surface area contributed by atoms with Gasteiger partial charge in [0.25, 0.3) is 5.91 Å². The first kappa shape index (κ1) is 25.5. The highest BCUT2D eigenvalue weighted by atomic mass is 32.1. The van der Waals surface area contributed by atoms with Crippen LogP contribution in [0.4, 0.5) is 10.1 Å². The molecule has 0 spiro atoms. The minimum atomic E-state index is -1.05. The summed E-state index contributed by atoms with van der Waals surface area (Å²) in [5.41, 5.74) is 12.7. The molecular formula is C27H23FN4O4S. The first-order valence-corrected chi connectivity index (χ1v) is 12.0. The fourth-order valence-electron chi connectivity index (χ4n) is 4.03. The third kappa shape index (κ3) is 5.65. The molecule has 6 N–H and O–H groups in total. The fourth-order valence-corrected chi connectivity index (χ4v) is 4.81. The zero-order chi connectivity index (χ0) is 26.5. The minimum Gasteiger partial charge on any atom is -0.508 e. The molecule has 0 saturated carbocycles. The van der Waals surface area contributed by atoms with E-state index in [-0.39, 0.29) is 28.6 Å². The summed E-state index contributed by atoms with van der Waals surface area (Å²) in [7, 11) is 0. The number of phenols is 1. The number of nitrogens with zero attached hydrogens (tertiary/aromatic N) is 1. The molecule has 37 heavy (non-hydrogen) atoms. The topological polar surface area (TPSA) is 148 Å². The van der Waals surface area contributed by atoms with Crippen molar-refractivity contribution in [3.63, 3.8) is 0 Å². The van der Waals surface area contributed by atoms with Crippen molar-refractivity contribution in [1.82, 2.24) is 9.69 Å². The van der Waals surface area contributed by atoms with Gasteiger partial charge < -0.3 is 21.9 Å². The number of rotatable bonds is 9. The lowest BCUT2D eigenvalue weighted by Crippen LogP contribution is -2.35. The second-order valence-electron chi connectivity index (χ2n) is 8.30. The van der Waals surface area contributed by atoms with Crippen LogP contribution < -0.4 is 16.8 Å². The van der Waals surface area contributed by atoms with Crippen LogP contribution in [0.3, 0.4) is 0 Å². The molecule has 188 valence electrons. The van der Waals surface area contributed by atoms with E-state index in [0.29, 0.717) is 16.7 Å². The van der Waals surface area contributed by atoms with E-state index in [1.807, 2.05) is 0 Å². The number of hydrogen-bond donors (Lipinski definition) is 4. The van der Waals surface area contributed by atoms with Crippen LogP contribution in [0.1, 0.15) is 48.7 Å². The maximum Gasteiger partial charge on any atom is 0.270 e. The largest absolute Gasteiger partial charge is 0.508 e. The van der Waals surface area contributed by atoms with E-state index in [0.717, 1.165) is 11.5 Å². The van der Waals surface area contributed by atoms with Crippen molar-refractivity contribution in [3.05, 3.63) is 112 Å². The smallest absolute Gasteiger partial charge is 0.270 e. The fraction of sp³-hybridized carbons (Fsp3) is 0.111. The zero-order valence-electron chi connectivity index (χ0n) is 19.4. The number of halogens is 1. The Kier molecular flexibility index (Phi) is 7.59. The lowest BCUT2D eigenvalue weighted by molar-refractivity contribution is -0.123. The highest BCUT2D eigenvalue weighted by Crippen LogP contribution is 2.39. The molecular weight excluding hydrogens is 495 g/mol. The molecule has 0 aliphatic carbocycles. The van der Waals surface area contributed by atoms with Crippen molar-refractivity contribution in [2.45, 2.75) is 18.4 Å². The van der Waals surface area contributed by atoms with Crippen molar-refractivity contribution >= 4 is 34.8 Å². The van der Waals surface area contributed by atoms with Crippen LogP contribution in [0.15, 0.2) is 78.9 Å². The van der Waals surface area contributed by atoms with Crippen molar-refractivity contribution in [2.24, 2.45) is 5.73 Å². The molecule has 4 aromatic rings. The Balaban J connectivity index is 1.79. The van der Waals surface area contributed by atoms with Crippen LogP contribution in [0.25, 0.3) is 0 Å².